The number of carbonyl (C=O) groups is 1. The minimum atomic E-state index is 0.0659. The van der Waals surface area contributed by atoms with Crippen LogP contribution in [-0.4, -0.2) is 11.0 Å². The summed E-state index contributed by atoms with van der Waals surface area (Å²) in [6.07, 6.45) is 0.976. The zero-order chi connectivity index (χ0) is 11.0. The van der Waals surface area contributed by atoms with Crippen LogP contribution in [0.2, 0.25) is 0 Å². The van der Waals surface area contributed by atoms with E-state index in [9.17, 15) is 9.90 Å². The van der Waals surface area contributed by atoms with Crippen LogP contribution in [0.1, 0.15) is 18.9 Å². The third-order valence-electron chi connectivity index (χ3n) is 3.01. The standard InChI is InChI=1S/C12H15NO2/c1-7-6-9(7)12(15)13-10-4-3-5-11(14)8(10)2/h3-5,7,9,14H,6H2,1-2H3,(H,13,15). The first-order valence-corrected chi connectivity index (χ1v) is 5.19. The molecule has 15 heavy (non-hydrogen) atoms. The summed E-state index contributed by atoms with van der Waals surface area (Å²) >= 11 is 0. The number of phenolic OH excluding ortho intramolecular Hbond substituents is 1. The van der Waals surface area contributed by atoms with Crippen molar-refractivity contribution in [1.29, 1.82) is 0 Å². The number of phenols is 1. The Morgan fingerprint density at radius 2 is 2.20 bits per heavy atom. The molecule has 1 aromatic rings. The van der Waals surface area contributed by atoms with E-state index in [-0.39, 0.29) is 17.6 Å². The van der Waals surface area contributed by atoms with E-state index in [4.69, 9.17) is 0 Å². The van der Waals surface area contributed by atoms with Gasteiger partial charge in [0.15, 0.2) is 0 Å². The highest BCUT2D eigenvalue weighted by Crippen LogP contribution is 2.38. The quantitative estimate of drug-likeness (QED) is 0.778. The summed E-state index contributed by atoms with van der Waals surface area (Å²) < 4.78 is 0. The molecule has 0 aliphatic heterocycles. The van der Waals surface area contributed by atoms with Crippen LogP contribution in [0.3, 0.4) is 0 Å². The number of carbonyl (C=O) groups excluding carboxylic acids is 1. The molecule has 1 saturated carbocycles. The lowest BCUT2D eigenvalue weighted by molar-refractivity contribution is -0.117. The highest BCUT2D eigenvalue weighted by molar-refractivity contribution is 5.95. The van der Waals surface area contributed by atoms with Gasteiger partial charge in [0.2, 0.25) is 5.91 Å². The lowest BCUT2D eigenvalue weighted by Crippen LogP contribution is -2.15. The maximum atomic E-state index is 11.7. The first-order chi connectivity index (χ1) is 7.09. The van der Waals surface area contributed by atoms with E-state index >= 15 is 0 Å². The van der Waals surface area contributed by atoms with Crippen molar-refractivity contribution in [2.45, 2.75) is 20.3 Å². The third kappa shape index (κ3) is 1.96. The molecule has 2 N–H and O–H groups in total. The predicted octanol–water partition coefficient (Wildman–Crippen LogP) is 2.30. The molecule has 0 saturated heterocycles. The molecule has 0 heterocycles. The minimum absolute atomic E-state index is 0.0659. The second-order valence-corrected chi connectivity index (χ2v) is 4.26. The van der Waals surface area contributed by atoms with Gasteiger partial charge in [0.25, 0.3) is 0 Å². The molecule has 0 bridgehead atoms. The molecule has 0 aromatic heterocycles. The smallest absolute Gasteiger partial charge is 0.227 e. The topological polar surface area (TPSA) is 49.3 Å². The van der Waals surface area contributed by atoms with Crippen molar-refractivity contribution >= 4 is 11.6 Å². The molecule has 1 aromatic carbocycles. The van der Waals surface area contributed by atoms with Crippen molar-refractivity contribution in [1.82, 2.24) is 0 Å². The van der Waals surface area contributed by atoms with Crippen LogP contribution in [0.25, 0.3) is 0 Å². The molecule has 1 aliphatic carbocycles. The van der Waals surface area contributed by atoms with E-state index in [0.717, 1.165) is 12.0 Å². The summed E-state index contributed by atoms with van der Waals surface area (Å²) in [5, 5.41) is 12.3. The second-order valence-electron chi connectivity index (χ2n) is 4.26. The molecule has 2 atom stereocenters. The van der Waals surface area contributed by atoms with E-state index in [0.29, 0.717) is 11.6 Å². The van der Waals surface area contributed by atoms with Gasteiger partial charge < -0.3 is 10.4 Å². The normalized spacial score (nSPS) is 23.6. The van der Waals surface area contributed by atoms with Crippen LogP contribution in [0, 0.1) is 18.8 Å². The number of nitrogens with one attached hydrogen (secondary N) is 1. The maximum Gasteiger partial charge on any atom is 0.227 e. The van der Waals surface area contributed by atoms with Crippen LogP contribution < -0.4 is 5.32 Å². The molecule has 3 nitrogen and oxygen atoms in total. The van der Waals surface area contributed by atoms with Gasteiger partial charge in [0, 0.05) is 17.2 Å². The molecule has 3 heteroatoms. The Morgan fingerprint density at radius 3 is 2.80 bits per heavy atom. The Bertz CT molecular complexity index is 401. The van der Waals surface area contributed by atoms with E-state index in [2.05, 4.69) is 12.2 Å². The Morgan fingerprint density at radius 1 is 1.53 bits per heavy atom. The monoisotopic (exact) mass is 205 g/mol. The lowest BCUT2D eigenvalue weighted by atomic mass is 10.1. The number of aromatic hydroxyl groups is 1. The van der Waals surface area contributed by atoms with Gasteiger partial charge in [-0.2, -0.15) is 0 Å². The largest absolute Gasteiger partial charge is 0.508 e. The van der Waals surface area contributed by atoms with Crippen molar-refractivity contribution in [2.24, 2.45) is 11.8 Å². The molecule has 1 amide bonds. The van der Waals surface area contributed by atoms with Gasteiger partial charge in [-0.15, -0.1) is 0 Å². The minimum Gasteiger partial charge on any atom is -0.508 e. The highest BCUT2D eigenvalue weighted by atomic mass is 16.3. The van der Waals surface area contributed by atoms with Crippen LogP contribution in [0.4, 0.5) is 5.69 Å². The summed E-state index contributed by atoms with van der Waals surface area (Å²) in [7, 11) is 0. The molecule has 1 fully saturated rings. The maximum absolute atomic E-state index is 11.7. The Balaban J connectivity index is 2.10. The predicted molar refractivity (Wildman–Crippen MR) is 58.7 cm³/mol. The summed E-state index contributed by atoms with van der Waals surface area (Å²) in [6.45, 7) is 3.86. The fourth-order valence-electron chi connectivity index (χ4n) is 1.67. The zero-order valence-electron chi connectivity index (χ0n) is 8.95. The SMILES string of the molecule is Cc1c(O)cccc1NC(=O)C1CC1C. The van der Waals surface area contributed by atoms with E-state index in [1.165, 1.54) is 0 Å². The van der Waals surface area contributed by atoms with Gasteiger partial charge in [0.05, 0.1) is 0 Å². The third-order valence-corrected chi connectivity index (χ3v) is 3.01. The molecule has 2 unspecified atom stereocenters. The van der Waals surface area contributed by atoms with Crippen LogP contribution in [0.5, 0.6) is 5.75 Å². The van der Waals surface area contributed by atoms with Crippen molar-refractivity contribution in [3.8, 4) is 5.75 Å². The fraction of sp³-hybridized carbons (Fsp3) is 0.417. The van der Waals surface area contributed by atoms with Gasteiger partial charge in [-0.3, -0.25) is 4.79 Å². The summed E-state index contributed by atoms with van der Waals surface area (Å²) in [5.41, 5.74) is 1.43. The van der Waals surface area contributed by atoms with E-state index in [1.54, 1.807) is 25.1 Å². The van der Waals surface area contributed by atoms with Crippen molar-refractivity contribution in [3.05, 3.63) is 23.8 Å². The van der Waals surface area contributed by atoms with Crippen LogP contribution in [0.15, 0.2) is 18.2 Å². The van der Waals surface area contributed by atoms with Crippen LogP contribution >= 0.6 is 0 Å². The first-order valence-electron chi connectivity index (χ1n) is 5.19. The molecule has 0 radical (unpaired) electrons. The molecule has 80 valence electrons. The molecule has 2 rings (SSSR count). The number of amides is 1. The molecule has 1 aliphatic rings. The van der Waals surface area contributed by atoms with Gasteiger partial charge in [0.1, 0.15) is 5.75 Å². The fourth-order valence-corrected chi connectivity index (χ4v) is 1.67. The number of hydrogen-bond acceptors (Lipinski definition) is 2. The van der Waals surface area contributed by atoms with Crippen molar-refractivity contribution in [2.75, 3.05) is 5.32 Å². The molecule has 0 spiro atoms. The van der Waals surface area contributed by atoms with Gasteiger partial charge >= 0.3 is 0 Å². The van der Waals surface area contributed by atoms with Gasteiger partial charge in [-0.1, -0.05) is 13.0 Å². The number of benzene rings is 1. The summed E-state index contributed by atoms with van der Waals surface area (Å²) in [4.78, 5) is 11.7. The summed E-state index contributed by atoms with van der Waals surface area (Å²) in [5.74, 6) is 0.946. The second kappa shape index (κ2) is 3.57. The van der Waals surface area contributed by atoms with Crippen molar-refractivity contribution in [3.63, 3.8) is 0 Å². The van der Waals surface area contributed by atoms with Crippen LogP contribution in [-0.2, 0) is 4.79 Å². The van der Waals surface area contributed by atoms with E-state index < -0.39 is 0 Å². The van der Waals surface area contributed by atoms with E-state index in [1.807, 2.05) is 0 Å². The average Bonchev–Trinajstić information content (AvgIpc) is 2.91. The Kier molecular flexibility index (Phi) is 2.39. The average molecular weight is 205 g/mol. The number of hydrogen-bond donors (Lipinski definition) is 2. The Hall–Kier alpha value is -1.51. The highest BCUT2D eigenvalue weighted by Gasteiger charge is 2.39. The lowest BCUT2D eigenvalue weighted by Gasteiger charge is -2.08. The first kappa shape index (κ1) is 10.0. The molecular weight excluding hydrogens is 190 g/mol. The van der Waals surface area contributed by atoms with Gasteiger partial charge in [-0.05, 0) is 31.4 Å². The number of anilines is 1. The molecular formula is C12H15NO2. The van der Waals surface area contributed by atoms with Crippen molar-refractivity contribution < 1.29 is 9.90 Å². The van der Waals surface area contributed by atoms with Gasteiger partial charge in [-0.25, -0.2) is 0 Å². The number of rotatable bonds is 2. The summed E-state index contributed by atoms with van der Waals surface area (Å²) in [6, 6.07) is 5.15. The zero-order valence-corrected chi connectivity index (χ0v) is 8.95. The Labute approximate surface area is 89.1 Å².